The van der Waals surface area contributed by atoms with Crippen LogP contribution >= 0.6 is 0 Å². The molecule has 2 fully saturated rings. The molecule has 88 valence electrons. The molecule has 0 spiro atoms. The minimum atomic E-state index is 0.272. The molecule has 3 heteroatoms. The predicted octanol–water partition coefficient (Wildman–Crippen LogP) is 1.22. The van der Waals surface area contributed by atoms with Gasteiger partial charge in [0, 0.05) is 32.3 Å². The Morgan fingerprint density at radius 3 is 2.87 bits per heavy atom. The summed E-state index contributed by atoms with van der Waals surface area (Å²) >= 11 is 0. The molecule has 15 heavy (non-hydrogen) atoms. The van der Waals surface area contributed by atoms with E-state index in [2.05, 4.69) is 4.90 Å². The van der Waals surface area contributed by atoms with E-state index < -0.39 is 0 Å². The molecule has 1 heterocycles. The number of nitrogens with two attached hydrogens (primary N) is 1. The summed E-state index contributed by atoms with van der Waals surface area (Å²) in [6, 6.07) is 0.884. The van der Waals surface area contributed by atoms with Gasteiger partial charge in [0.05, 0.1) is 6.10 Å². The van der Waals surface area contributed by atoms with Crippen molar-refractivity contribution in [2.24, 2.45) is 11.7 Å². The maximum Gasteiger partial charge on any atom is 0.0709 e. The van der Waals surface area contributed by atoms with Crippen molar-refractivity contribution in [2.75, 3.05) is 26.2 Å². The number of rotatable bonds is 6. The molecule has 1 aliphatic carbocycles. The van der Waals surface area contributed by atoms with Crippen LogP contribution in [0.4, 0.5) is 0 Å². The fraction of sp³-hybridized carbons (Fsp3) is 1.00. The van der Waals surface area contributed by atoms with E-state index in [-0.39, 0.29) is 6.10 Å². The van der Waals surface area contributed by atoms with E-state index in [0.717, 1.165) is 25.0 Å². The lowest BCUT2D eigenvalue weighted by atomic mass is 10.1. The number of likely N-dealkylation sites (tertiary alicyclic amines) is 1. The van der Waals surface area contributed by atoms with Crippen molar-refractivity contribution in [1.29, 1.82) is 0 Å². The average Bonchev–Trinajstić information content (AvgIpc) is 2.85. The third kappa shape index (κ3) is 2.71. The van der Waals surface area contributed by atoms with Crippen molar-refractivity contribution in [3.63, 3.8) is 0 Å². The lowest BCUT2D eigenvalue weighted by Gasteiger charge is -2.28. The van der Waals surface area contributed by atoms with Gasteiger partial charge in [-0.1, -0.05) is 0 Å². The molecule has 1 saturated carbocycles. The first-order valence-corrected chi connectivity index (χ1v) is 6.39. The van der Waals surface area contributed by atoms with Gasteiger partial charge < -0.3 is 15.4 Å². The number of hydrogen-bond acceptors (Lipinski definition) is 3. The van der Waals surface area contributed by atoms with E-state index in [4.69, 9.17) is 10.5 Å². The first-order valence-electron chi connectivity index (χ1n) is 6.39. The molecule has 2 bridgehead atoms. The molecule has 0 aromatic heterocycles. The fourth-order valence-electron chi connectivity index (χ4n) is 3.12. The van der Waals surface area contributed by atoms with Crippen molar-refractivity contribution in [1.82, 2.24) is 4.90 Å². The lowest BCUT2D eigenvalue weighted by molar-refractivity contribution is 0.0512. The van der Waals surface area contributed by atoms with Gasteiger partial charge in [-0.25, -0.2) is 0 Å². The first kappa shape index (κ1) is 11.4. The quantitative estimate of drug-likeness (QED) is 0.719. The molecule has 0 aromatic rings. The summed E-state index contributed by atoms with van der Waals surface area (Å²) in [5.74, 6) is 0.999. The van der Waals surface area contributed by atoms with Gasteiger partial charge in [-0.15, -0.1) is 0 Å². The SMILES string of the molecule is CCOC(CN)CCN1CC2CCC1C2. The van der Waals surface area contributed by atoms with E-state index in [9.17, 15) is 0 Å². The summed E-state index contributed by atoms with van der Waals surface area (Å²) in [5, 5.41) is 0. The maximum atomic E-state index is 5.68. The van der Waals surface area contributed by atoms with Crippen molar-refractivity contribution in [3.05, 3.63) is 0 Å². The highest BCUT2D eigenvalue weighted by Gasteiger charge is 2.37. The van der Waals surface area contributed by atoms with Crippen LogP contribution in [0.25, 0.3) is 0 Å². The number of ether oxygens (including phenoxy) is 1. The van der Waals surface area contributed by atoms with Crippen LogP contribution in [0.15, 0.2) is 0 Å². The Balaban J connectivity index is 1.69. The highest BCUT2D eigenvalue weighted by molar-refractivity contribution is 4.92. The second kappa shape index (κ2) is 5.28. The zero-order valence-electron chi connectivity index (χ0n) is 9.82. The van der Waals surface area contributed by atoms with E-state index in [1.54, 1.807) is 0 Å². The van der Waals surface area contributed by atoms with Crippen LogP contribution in [0.1, 0.15) is 32.6 Å². The van der Waals surface area contributed by atoms with Gasteiger partial charge >= 0.3 is 0 Å². The molecule has 0 aromatic carbocycles. The molecule has 3 atom stereocenters. The normalized spacial score (nSPS) is 32.4. The van der Waals surface area contributed by atoms with Gasteiger partial charge in [0.25, 0.3) is 0 Å². The van der Waals surface area contributed by atoms with Crippen molar-refractivity contribution in [2.45, 2.75) is 44.8 Å². The molecule has 3 nitrogen and oxygen atoms in total. The Morgan fingerprint density at radius 1 is 1.47 bits per heavy atom. The van der Waals surface area contributed by atoms with Gasteiger partial charge in [0.15, 0.2) is 0 Å². The molecule has 3 unspecified atom stereocenters. The van der Waals surface area contributed by atoms with Crippen LogP contribution in [0.3, 0.4) is 0 Å². The van der Waals surface area contributed by atoms with E-state index in [1.807, 2.05) is 6.92 Å². The number of hydrogen-bond donors (Lipinski definition) is 1. The minimum Gasteiger partial charge on any atom is -0.377 e. The van der Waals surface area contributed by atoms with Crippen LogP contribution in [-0.4, -0.2) is 43.3 Å². The maximum absolute atomic E-state index is 5.68. The van der Waals surface area contributed by atoms with Crippen molar-refractivity contribution >= 4 is 0 Å². The van der Waals surface area contributed by atoms with Crippen LogP contribution in [-0.2, 0) is 4.74 Å². The first-order chi connectivity index (χ1) is 7.33. The molecule has 0 radical (unpaired) electrons. The summed E-state index contributed by atoms with van der Waals surface area (Å²) in [6.45, 7) is 6.00. The number of piperidine rings is 1. The van der Waals surface area contributed by atoms with Gasteiger partial charge in [-0.2, -0.15) is 0 Å². The molecule has 1 aliphatic heterocycles. The van der Waals surface area contributed by atoms with E-state index in [0.29, 0.717) is 6.54 Å². The van der Waals surface area contributed by atoms with E-state index in [1.165, 1.54) is 32.4 Å². The van der Waals surface area contributed by atoms with Gasteiger partial charge in [0.1, 0.15) is 0 Å². The highest BCUT2D eigenvalue weighted by Crippen LogP contribution is 2.37. The predicted molar refractivity (Wildman–Crippen MR) is 61.8 cm³/mol. The molecule has 1 saturated heterocycles. The molecular formula is C12H24N2O. The van der Waals surface area contributed by atoms with Gasteiger partial charge in [-0.3, -0.25) is 0 Å². The van der Waals surface area contributed by atoms with Crippen LogP contribution in [0.5, 0.6) is 0 Å². The summed E-state index contributed by atoms with van der Waals surface area (Å²) in [6.07, 6.45) is 5.71. The standard InChI is InChI=1S/C12H24N2O/c1-2-15-12(8-13)5-6-14-9-10-3-4-11(14)7-10/h10-12H,2-9,13H2,1H3. The average molecular weight is 212 g/mol. The number of nitrogens with zero attached hydrogens (tertiary/aromatic N) is 1. The third-order valence-corrected chi connectivity index (χ3v) is 3.93. The van der Waals surface area contributed by atoms with Crippen LogP contribution in [0, 0.1) is 5.92 Å². The Hall–Kier alpha value is -0.120. The summed E-state index contributed by atoms with van der Waals surface area (Å²) in [4.78, 5) is 2.65. The summed E-state index contributed by atoms with van der Waals surface area (Å²) < 4.78 is 5.58. The molecule has 2 rings (SSSR count). The second-order valence-electron chi connectivity index (χ2n) is 4.93. The Morgan fingerprint density at radius 2 is 2.33 bits per heavy atom. The smallest absolute Gasteiger partial charge is 0.0709 e. The Kier molecular flexibility index (Phi) is 4.00. The molecule has 0 amide bonds. The molecule has 2 aliphatic rings. The zero-order chi connectivity index (χ0) is 10.7. The third-order valence-electron chi connectivity index (χ3n) is 3.93. The topological polar surface area (TPSA) is 38.5 Å². The Bertz CT molecular complexity index is 198. The summed E-state index contributed by atoms with van der Waals surface area (Å²) in [7, 11) is 0. The molecular weight excluding hydrogens is 188 g/mol. The van der Waals surface area contributed by atoms with Gasteiger partial charge in [0.2, 0.25) is 0 Å². The lowest BCUT2D eigenvalue weighted by Crippen LogP contribution is -2.36. The van der Waals surface area contributed by atoms with E-state index >= 15 is 0 Å². The minimum absolute atomic E-state index is 0.272. The largest absolute Gasteiger partial charge is 0.377 e. The van der Waals surface area contributed by atoms with Crippen molar-refractivity contribution < 1.29 is 4.74 Å². The zero-order valence-corrected chi connectivity index (χ0v) is 9.82. The monoisotopic (exact) mass is 212 g/mol. The molecule has 2 N–H and O–H groups in total. The second-order valence-corrected chi connectivity index (χ2v) is 4.93. The highest BCUT2D eigenvalue weighted by atomic mass is 16.5. The van der Waals surface area contributed by atoms with Crippen LogP contribution in [0.2, 0.25) is 0 Å². The van der Waals surface area contributed by atoms with Gasteiger partial charge in [-0.05, 0) is 38.5 Å². The number of fused-ring (bicyclic) bond motifs is 2. The summed E-state index contributed by atoms with van der Waals surface area (Å²) in [5.41, 5.74) is 5.68. The van der Waals surface area contributed by atoms with Crippen molar-refractivity contribution in [3.8, 4) is 0 Å². The Labute approximate surface area is 93.0 Å². The van der Waals surface area contributed by atoms with Crippen LogP contribution < -0.4 is 5.73 Å². The fourth-order valence-corrected chi connectivity index (χ4v) is 3.12.